The van der Waals surface area contributed by atoms with Crippen molar-refractivity contribution >= 4 is 5.78 Å². The van der Waals surface area contributed by atoms with Crippen LogP contribution in [0.3, 0.4) is 0 Å². The van der Waals surface area contributed by atoms with E-state index in [-0.39, 0.29) is 29.4 Å². The zero-order valence-electron chi connectivity index (χ0n) is 9.43. The molecule has 0 fully saturated rings. The zero-order valence-corrected chi connectivity index (χ0v) is 9.43. The van der Waals surface area contributed by atoms with Gasteiger partial charge in [0.25, 0.3) is 0 Å². The number of carbonyl (C=O) groups excluding carboxylic acids is 1. The fraction of sp³-hybridized carbons (Fsp3) is 0.364. The van der Waals surface area contributed by atoms with E-state index < -0.39 is 5.82 Å². The van der Waals surface area contributed by atoms with Crippen LogP contribution in [0.15, 0.2) is 6.07 Å². The molecule has 0 saturated carbocycles. The van der Waals surface area contributed by atoms with Crippen LogP contribution in [0, 0.1) is 12.7 Å². The number of phenolic OH excluding ortho intramolecular Hbond substituents is 1. The van der Waals surface area contributed by atoms with Gasteiger partial charge in [0.2, 0.25) is 0 Å². The lowest BCUT2D eigenvalue weighted by Crippen LogP contribution is -2.19. The summed E-state index contributed by atoms with van der Waals surface area (Å²) >= 11 is 0. The predicted molar refractivity (Wildman–Crippen MR) is 57.6 cm³/mol. The predicted octanol–water partition coefficient (Wildman–Crippen LogP) is 1.25. The fourth-order valence-electron chi connectivity index (χ4n) is 1.45. The maximum atomic E-state index is 13.4. The quantitative estimate of drug-likeness (QED) is 0.760. The minimum absolute atomic E-state index is 0.0893. The van der Waals surface area contributed by atoms with Crippen LogP contribution in [0.2, 0.25) is 0 Å². The summed E-state index contributed by atoms with van der Waals surface area (Å²) in [4.78, 5) is 11.6. The van der Waals surface area contributed by atoms with Crippen LogP contribution in [-0.2, 0) is 0 Å². The molecule has 0 aliphatic rings. The Morgan fingerprint density at radius 2 is 2.25 bits per heavy atom. The molecule has 0 unspecified atom stereocenters. The minimum Gasteiger partial charge on any atom is -0.504 e. The third-order valence-electron chi connectivity index (χ3n) is 2.30. The molecule has 0 aromatic heterocycles. The molecule has 0 atom stereocenters. The number of hydrogen-bond donors (Lipinski definition) is 2. The molecule has 1 rings (SSSR count). The van der Waals surface area contributed by atoms with Crippen molar-refractivity contribution in [3.05, 3.63) is 23.0 Å². The number of nitrogens with one attached hydrogen (secondary N) is 1. The molecule has 16 heavy (non-hydrogen) atoms. The monoisotopic (exact) mass is 227 g/mol. The SMILES string of the molecule is CNCC(=O)c1cc(F)c(OC)c(O)c1C. The molecule has 2 N–H and O–H groups in total. The first-order chi connectivity index (χ1) is 7.52. The Balaban J connectivity index is 3.28. The lowest BCUT2D eigenvalue weighted by molar-refractivity contribution is 0.0992. The molecular weight excluding hydrogens is 213 g/mol. The number of hydrogen-bond acceptors (Lipinski definition) is 4. The number of aromatic hydroxyl groups is 1. The van der Waals surface area contributed by atoms with Crippen molar-refractivity contribution in [1.82, 2.24) is 5.32 Å². The lowest BCUT2D eigenvalue weighted by atomic mass is 10.0. The third-order valence-corrected chi connectivity index (χ3v) is 2.30. The van der Waals surface area contributed by atoms with Crippen molar-refractivity contribution in [2.45, 2.75) is 6.92 Å². The summed E-state index contributed by atoms with van der Waals surface area (Å²) in [6.07, 6.45) is 0. The number of halogens is 1. The van der Waals surface area contributed by atoms with Gasteiger partial charge >= 0.3 is 0 Å². The second-order valence-corrected chi connectivity index (χ2v) is 3.37. The van der Waals surface area contributed by atoms with E-state index in [0.717, 1.165) is 6.07 Å². The molecule has 1 aromatic rings. The topological polar surface area (TPSA) is 58.6 Å². The maximum Gasteiger partial charge on any atom is 0.196 e. The second kappa shape index (κ2) is 4.94. The highest BCUT2D eigenvalue weighted by Crippen LogP contribution is 2.34. The van der Waals surface area contributed by atoms with Gasteiger partial charge in [-0.2, -0.15) is 0 Å². The Kier molecular flexibility index (Phi) is 3.84. The summed E-state index contributed by atoms with van der Waals surface area (Å²) in [7, 11) is 2.87. The smallest absolute Gasteiger partial charge is 0.196 e. The normalized spacial score (nSPS) is 10.2. The molecule has 0 aliphatic heterocycles. The molecular formula is C11H14FNO3. The molecule has 88 valence electrons. The van der Waals surface area contributed by atoms with Crippen molar-refractivity contribution < 1.29 is 19.0 Å². The second-order valence-electron chi connectivity index (χ2n) is 3.37. The molecule has 0 bridgehead atoms. The lowest BCUT2D eigenvalue weighted by Gasteiger charge is -2.11. The number of likely N-dealkylation sites (N-methyl/N-ethyl adjacent to an activating group) is 1. The van der Waals surface area contributed by atoms with Gasteiger partial charge in [0, 0.05) is 11.1 Å². The molecule has 4 nitrogen and oxygen atoms in total. The van der Waals surface area contributed by atoms with Crippen molar-refractivity contribution in [1.29, 1.82) is 0 Å². The number of methoxy groups -OCH3 is 1. The van der Waals surface area contributed by atoms with E-state index in [2.05, 4.69) is 5.32 Å². The Labute approximate surface area is 93.0 Å². The molecule has 0 saturated heterocycles. The number of ether oxygens (including phenoxy) is 1. The van der Waals surface area contributed by atoms with Crippen molar-refractivity contribution in [2.75, 3.05) is 20.7 Å². The zero-order chi connectivity index (χ0) is 12.3. The summed E-state index contributed by atoms with van der Waals surface area (Å²) in [5, 5.41) is 12.3. The van der Waals surface area contributed by atoms with Crippen LogP contribution in [-0.4, -0.2) is 31.6 Å². The summed E-state index contributed by atoms with van der Waals surface area (Å²) in [6, 6.07) is 1.08. The van der Waals surface area contributed by atoms with E-state index >= 15 is 0 Å². The van der Waals surface area contributed by atoms with Gasteiger partial charge in [0.05, 0.1) is 13.7 Å². The molecule has 0 amide bonds. The summed E-state index contributed by atoms with van der Waals surface area (Å²) in [5.41, 5.74) is 0.476. The molecule has 5 heteroatoms. The minimum atomic E-state index is -0.745. The fourth-order valence-corrected chi connectivity index (χ4v) is 1.45. The number of ketones is 1. The van der Waals surface area contributed by atoms with Gasteiger partial charge in [-0.25, -0.2) is 4.39 Å². The van der Waals surface area contributed by atoms with Gasteiger partial charge in [-0.3, -0.25) is 4.79 Å². The Morgan fingerprint density at radius 1 is 1.62 bits per heavy atom. The van der Waals surface area contributed by atoms with E-state index in [1.54, 1.807) is 14.0 Å². The van der Waals surface area contributed by atoms with Gasteiger partial charge in [0.15, 0.2) is 23.1 Å². The first-order valence-corrected chi connectivity index (χ1v) is 4.76. The highest BCUT2D eigenvalue weighted by Gasteiger charge is 2.19. The van der Waals surface area contributed by atoms with Crippen molar-refractivity contribution in [3.63, 3.8) is 0 Å². The van der Waals surface area contributed by atoms with Crippen molar-refractivity contribution in [3.8, 4) is 11.5 Å². The molecule has 0 spiro atoms. The van der Waals surface area contributed by atoms with Crippen LogP contribution >= 0.6 is 0 Å². The van der Waals surface area contributed by atoms with Crippen molar-refractivity contribution in [2.24, 2.45) is 0 Å². The van der Waals surface area contributed by atoms with Crippen LogP contribution in [0.5, 0.6) is 11.5 Å². The number of Topliss-reactive ketones (excluding diaryl/α,β-unsaturated/α-hetero) is 1. The first-order valence-electron chi connectivity index (χ1n) is 4.76. The van der Waals surface area contributed by atoms with E-state index in [1.165, 1.54) is 7.11 Å². The molecule has 0 radical (unpaired) electrons. The number of benzene rings is 1. The average Bonchev–Trinajstić information content (AvgIpc) is 2.24. The summed E-state index contributed by atoms with van der Waals surface area (Å²) in [6.45, 7) is 1.63. The Hall–Kier alpha value is -1.62. The highest BCUT2D eigenvalue weighted by atomic mass is 19.1. The largest absolute Gasteiger partial charge is 0.504 e. The van der Waals surface area contributed by atoms with E-state index in [9.17, 15) is 14.3 Å². The van der Waals surface area contributed by atoms with Gasteiger partial charge in [-0.05, 0) is 20.0 Å². The van der Waals surface area contributed by atoms with Gasteiger partial charge in [0.1, 0.15) is 0 Å². The number of rotatable bonds is 4. The highest BCUT2D eigenvalue weighted by molar-refractivity contribution is 5.99. The summed E-state index contributed by atoms with van der Waals surface area (Å²) < 4.78 is 18.1. The van der Waals surface area contributed by atoms with E-state index in [1.807, 2.05) is 0 Å². The van der Waals surface area contributed by atoms with Crippen LogP contribution in [0.1, 0.15) is 15.9 Å². The standard InChI is InChI=1S/C11H14FNO3/c1-6-7(9(14)5-13-2)4-8(12)11(16-3)10(6)15/h4,13,15H,5H2,1-3H3. The summed E-state index contributed by atoms with van der Waals surface area (Å²) in [5.74, 6) is -1.60. The van der Waals surface area contributed by atoms with Gasteiger partial charge in [-0.15, -0.1) is 0 Å². The van der Waals surface area contributed by atoms with Crippen LogP contribution in [0.25, 0.3) is 0 Å². The number of carbonyl (C=O) groups is 1. The van der Waals surface area contributed by atoms with Gasteiger partial charge < -0.3 is 15.2 Å². The molecule has 1 aromatic carbocycles. The van der Waals surface area contributed by atoms with E-state index in [0.29, 0.717) is 5.56 Å². The third kappa shape index (κ3) is 2.14. The Morgan fingerprint density at radius 3 is 2.75 bits per heavy atom. The Bertz CT molecular complexity index is 418. The first kappa shape index (κ1) is 12.4. The molecule has 0 heterocycles. The maximum absolute atomic E-state index is 13.4. The molecule has 0 aliphatic carbocycles. The van der Waals surface area contributed by atoms with Crippen LogP contribution < -0.4 is 10.1 Å². The number of phenols is 1. The average molecular weight is 227 g/mol. The van der Waals surface area contributed by atoms with Crippen LogP contribution in [0.4, 0.5) is 4.39 Å². The van der Waals surface area contributed by atoms with Gasteiger partial charge in [-0.1, -0.05) is 0 Å². The van der Waals surface area contributed by atoms with E-state index in [4.69, 9.17) is 4.74 Å².